The highest BCUT2D eigenvalue weighted by molar-refractivity contribution is 6.05. The van der Waals surface area contributed by atoms with E-state index in [1.807, 2.05) is 13.8 Å². The van der Waals surface area contributed by atoms with Gasteiger partial charge in [0.1, 0.15) is 5.41 Å². The molecule has 0 aromatic rings. The number of ether oxygens (including phenoxy) is 1. The Morgan fingerprint density at radius 2 is 2.31 bits per heavy atom. The Morgan fingerprint density at radius 3 is 2.75 bits per heavy atom. The fourth-order valence-corrected chi connectivity index (χ4v) is 2.07. The molecule has 0 radical (unpaired) electrons. The van der Waals surface area contributed by atoms with Gasteiger partial charge in [-0.3, -0.25) is 9.59 Å². The first kappa shape index (κ1) is 12.9. The highest BCUT2D eigenvalue weighted by atomic mass is 16.5. The van der Waals surface area contributed by atoms with E-state index in [-0.39, 0.29) is 11.8 Å². The maximum absolute atomic E-state index is 12.0. The summed E-state index contributed by atoms with van der Waals surface area (Å²) in [6, 6.07) is 0. The third-order valence-electron chi connectivity index (χ3n) is 2.97. The quantitative estimate of drug-likeness (QED) is 0.409. The Kier molecular flexibility index (Phi) is 4.27. The molecular formula is C13H20O3. The highest BCUT2D eigenvalue weighted by Crippen LogP contribution is 2.39. The summed E-state index contributed by atoms with van der Waals surface area (Å²) < 4.78 is 5.21. The van der Waals surface area contributed by atoms with Crippen LogP contribution in [0.2, 0.25) is 0 Å². The molecule has 1 rings (SSSR count). The van der Waals surface area contributed by atoms with Crippen molar-refractivity contribution < 1.29 is 14.3 Å². The van der Waals surface area contributed by atoms with Gasteiger partial charge in [-0.1, -0.05) is 19.9 Å². The minimum Gasteiger partial charge on any atom is -0.465 e. The van der Waals surface area contributed by atoms with Crippen molar-refractivity contribution in [2.45, 2.75) is 39.5 Å². The van der Waals surface area contributed by atoms with Crippen molar-refractivity contribution >= 4 is 11.8 Å². The van der Waals surface area contributed by atoms with Crippen LogP contribution in [0.1, 0.15) is 39.5 Å². The van der Waals surface area contributed by atoms with Crippen molar-refractivity contribution in [2.75, 3.05) is 6.61 Å². The molecule has 1 saturated carbocycles. The standard InChI is InChI=1S/C13H20O3/c1-4-7-13(8-5-6-11(13)14)12(15)16-9-10(2)3/h4,10H,1,5-9H2,2-3H3. The third kappa shape index (κ3) is 2.52. The lowest BCUT2D eigenvalue weighted by molar-refractivity contribution is -0.160. The van der Waals surface area contributed by atoms with Crippen LogP contribution in [-0.4, -0.2) is 18.4 Å². The van der Waals surface area contributed by atoms with Gasteiger partial charge in [0.05, 0.1) is 6.61 Å². The molecule has 0 bridgehead atoms. The van der Waals surface area contributed by atoms with Gasteiger partial charge in [0.2, 0.25) is 0 Å². The number of rotatable bonds is 5. The van der Waals surface area contributed by atoms with Gasteiger partial charge < -0.3 is 4.74 Å². The predicted molar refractivity (Wildman–Crippen MR) is 61.9 cm³/mol. The largest absolute Gasteiger partial charge is 0.465 e. The fourth-order valence-electron chi connectivity index (χ4n) is 2.07. The van der Waals surface area contributed by atoms with Crippen LogP contribution < -0.4 is 0 Å². The van der Waals surface area contributed by atoms with Crippen LogP contribution in [0.3, 0.4) is 0 Å². The summed E-state index contributed by atoms with van der Waals surface area (Å²) >= 11 is 0. The van der Waals surface area contributed by atoms with Gasteiger partial charge in [-0.05, 0) is 25.2 Å². The minimum atomic E-state index is -0.920. The van der Waals surface area contributed by atoms with Crippen LogP contribution in [0.15, 0.2) is 12.7 Å². The molecule has 1 fully saturated rings. The first-order chi connectivity index (χ1) is 7.53. The monoisotopic (exact) mass is 224 g/mol. The van der Waals surface area contributed by atoms with E-state index in [1.54, 1.807) is 6.08 Å². The predicted octanol–water partition coefficient (Wildman–Crippen LogP) is 2.50. The van der Waals surface area contributed by atoms with Gasteiger partial charge in [-0.25, -0.2) is 0 Å². The molecule has 0 aromatic carbocycles. The summed E-state index contributed by atoms with van der Waals surface area (Å²) in [7, 11) is 0. The Bertz CT molecular complexity index is 294. The molecule has 1 atom stereocenters. The van der Waals surface area contributed by atoms with Gasteiger partial charge in [0, 0.05) is 6.42 Å². The van der Waals surface area contributed by atoms with Crippen molar-refractivity contribution in [2.24, 2.45) is 11.3 Å². The van der Waals surface area contributed by atoms with Gasteiger partial charge in [-0.2, -0.15) is 0 Å². The second kappa shape index (κ2) is 5.28. The zero-order chi connectivity index (χ0) is 12.2. The van der Waals surface area contributed by atoms with E-state index in [2.05, 4.69) is 6.58 Å². The van der Waals surface area contributed by atoms with Crippen LogP contribution in [-0.2, 0) is 14.3 Å². The summed E-state index contributed by atoms with van der Waals surface area (Å²) in [5.74, 6) is -0.0500. The van der Waals surface area contributed by atoms with Crippen molar-refractivity contribution in [3.05, 3.63) is 12.7 Å². The van der Waals surface area contributed by atoms with Gasteiger partial charge in [0.25, 0.3) is 0 Å². The molecule has 1 aliphatic rings. The molecule has 3 nitrogen and oxygen atoms in total. The molecule has 1 aliphatic carbocycles. The minimum absolute atomic E-state index is 0.0150. The molecule has 1 unspecified atom stereocenters. The Hall–Kier alpha value is -1.12. The summed E-state index contributed by atoms with van der Waals surface area (Å²) in [5, 5.41) is 0. The average Bonchev–Trinajstić information content (AvgIpc) is 2.58. The first-order valence-corrected chi connectivity index (χ1v) is 5.84. The Morgan fingerprint density at radius 1 is 1.62 bits per heavy atom. The zero-order valence-corrected chi connectivity index (χ0v) is 10.1. The van der Waals surface area contributed by atoms with Gasteiger partial charge in [-0.15, -0.1) is 6.58 Å². The summed E-state index contributed by atoms with van der Waals surface area (Å²) in [4.78, 5) is 23.8. The van der Waals surface area contributed by atoms with Crippen LogP contribution in [0.5, 0.6) is 0 Å². The normalized spacial score (nSPS) is 24.8. The summed E-state index contributed by atoms with van der Waals surface area (Å²) in [6.45, 7) is 7.95. The third-order valence-corrected chi connectivity index (χ3v) is 2.97. The number of carbonyl (C=O) groups is 2. The van der Waals surface area contributed by atoms with E-state index in [9.17, 15) is 9.59 Å². The number of hydrogen-bond donors (Lipinski definition) is 0. The van der Waals surface area contributed by atoms with Gasteiger partial charge in [0.15, 0.2) is 5.78 Å². The fraction of sp³-hybridized carbons (Fsp3) is 0.692. The molecule has 3 heteroatoms. The van der Waals surface area contributed by atoms with Crippen molar-refractivity contribution in [1.82, 2.24) is 0 Å². The molecule has 0 heterocycles. The van der Waals surface area contributed by atoms with Crippen molar-refractivity contribution in [1.29, 1.82) is 0 Å². The van der Waals surface area contributed by atoms with E-state index in [4.69, 9.17) is 4.74 Å². The first-order valence-electron chi connectivity index (χ1n) is 5.84. The molecule has 90 valence electrons. The number of esters is 1. The molecule has 0 amide bonds. The number of carbonyl (C=O) groups excluding carboxylic acids is 2. The Labute approximate surface area is 96.9 Å². The van der Waals surface area contributed by atoms with Crippen molar-refractivity contribution in [3.63, 3.8) is 0 Å². The van der Waals surface area contributed by atoms with Crippen LogP contribution in [0, 0.1) is 11.3 Å². The van der Waals surface area contributed by atoms with E-state index in [0.717, 1.165) is 6.42 Å². The number of hydrogen-bond acceptors (Lipinski definition) is 3. The van der Waals surface area contributed by atoms with E-state index in [1.165, 1.54) is 0 Å². The average molecular weight is 224 g/mol. The number of ketones is 1. The molecule has 0 aliphatic heterocycles. The van der Waals surface area contributed by atoms with Crippen LogP contribution in [0.25, 0.3) is 0 Å². The lowest BCUT2D eigenvalue weighted by atomic mass is 9.82. The number of allylic oxidation sites excluding steroid dienone is 1. The molecule has 16 heavy (non-hydrogen) atoms. The SMILES string of the molecule is C=CCC1(C(=O)OCC(C)C)CCCC1=O. The highest BCUT2D eigenvalue weighted by Gasteiger charge is 2.48. The summed E-state index contributed by atoms with van der Waals surface area (Å²) in [5.41, 5.74) is -0.920. The molecular weight excluding hydrogens is 204 g/mol. The maximum Gasteiger partial charge on any atom is 0.319 e. The second-order valence-corrected chi connectivity index (χ2v) is 4.84. The second-order valence-electron chi connectivity index (χ2n) is 4.84. The lowest BCUT2D eigenvalue weighted by Gasteiger charge is -2.24. The summed E-state index contributed by atoms with van der Waals surface area (Å²) in [6.07, 6.45) is 3.92. The molecule has 0 N–H and O–H groups in total. The molecule has 0 aromatic heterocycles. The van der Waals surface area contributed by atoms with E-state index in [0.29, 0.717) is 31.8 Å². The lowest BCUT2D eigenvalue weighted by Crippen LogP contribution is -2.37. The maximum atomic E-state index is 12.0. The zero-order valence-electron chi connectivity index (χ0n) is 10.1. The van der Waals surface area contributed by atoms with Crippen molar-refractivity contribution in [3.8, 4) is 0 Å². The topological polar surface area (TPSA) is 43.4 Å². The molecule has 0 saturated heterocycles. The Balaban J connectivity index is 2.73. The van der Waals surface area contributed by atoms with Gasteiger partial charge >= 0.3 is 5.97 Å². The van der Waals surface area contributed by atoms with E-state index < -0.39 is 5.41 Å². The number of Topliss-reactive ketones (excluding diaryl/α,β-unsaturated/α-hetero) is 1. The van der Waals surface area contributed by atoms with E-state index >= 15 is 0 Å². The smallest absolute Gasteiger partial charge is 0.319 e. The van der Waals surface area contributed by atoms with Crippen LogP contribution in [0.4, 0.5) is 0 Å². The van der Waals surface area contributed by atoms with Crippen LogP contribution >= 0.6 is 0 Å². The molecule has 0 spiro atoms.